The lowest BCUT2D eigenvalue weighted by atomic mass is 10.2. The Bertz CT molecular complexity index is 297. The van der Waals surface area contributed by atoms with Crippen molar-refractivity contribution in [3.05, 3.63) is 16.1 Å². The van der Waals surface area contributed by atoms with Crippen LogP contribution in [0.5, 0.6) is 0 Å². The van der Waals surface area contributed by atoms with Crippen LogP contribution in [-0.4, -0.2) is 23.0 Å². The van der Waals surface area contributed by atoms with Crippen molar-refractivity contribution in [2.75, 3.05) is 12.0 Å². The molecule has 1 heterocycles. The molecule has 16 heavy (non-hydrogen) atoms. The van der Waals surface area contributed by atoms with Crippen molar-refractivity contribution >= 4 is 23.1 Å². The first-order valence-corrected chi connectivity index (χ1v) is 8.11. The van der Waals surface area contributed by atoms with Crippen LogP contribution < -0.4 is 5.32 Å². The van der Waals surface area contributed by atoms with Gasteiger partial charge in [-0.2, -0.15) is 11.8 Å². The zero-order chi connectivity index (χ0) is 12.0. The molecule has 0 radical (unpaired) electrons. The van der Waals surface area contributed by atoms with Crippen molar-refractivity contribution < 1.29 is 0 Å². The quantitative estimate of drug-likeness (QED) is 0.810. The lowest BCUT2D eigenvalue weighted by Crippen LogP contribution is -2.30. The summed E-state index contributed by atoms with van der Waals surface area (Å²) < 4.78 is 0. The van der Waals surface area contributed by atoms with Gasteiger partial charge in [0.1, 0.15) is 0 Å². The molecular formula is C12H22N2S2. The van der Waals surface area contributed by atoms with Gasteiger partial charge >= 0.3 is 0 Å². The number of hydrogen-bond acceptors (Lipinski definition) is 4. The van der Waals surface area contributed by atoms with E-state index in [4.69, 9.17) is 0 Å². The topological polar surface area (TPSA) is 24.9 Å². The van der Waals surface area contributed by atoms with Crippen molar-refractivity contribution in [2.24, 2.45) is 0 Å². The first-order valence-electron chi connectivity index (χ1n) is 5.84. The van der Waals surface area contributed by atoms with Gasteiger partial charge in [0.2, 0.25) is 0 Å². The minimum atomic E-state index is 0.548. The summed E-state index contributed by atoms with van der Waals surface area (Å²) in [6.45, 7) is 7.52. The molecule has 2 nitrogen and oxygen atoms in total. The number of thiazole rings is 1. The maximum absolute atomic E-state index is 4.63. The molecule has 92 valence electrons. The predicted octanol–water partition coefficient (Wildman–Crippen LogP) is 3.50. The molecule has 1 rings (SSSR count). The molecule has 0 spiro atoms. The van der Waals surface area contributed by atoms with Crippen molar-refractivity contribution in [2.45, 2.75) is 45.7 Å². The van der Waals surface area contributed by atoms with Crippen LogP contribution in [0, 0.1) is 0 Å². The second kappa shape index (κ2) is 7.30. The molecule has 0 aliphatic rings. The zero-order valence-electron chi connectivity index (χ0n) is 10.6. The van der Waals surface area contributed by atoms with Crippen LogP contribution in [0.1, 0.15) is 43.8 Å². The predicted molar refractivity (Wildman–Crippen MR) is 75.5 cm³/mol. The van der Waals surface area contributed by atoms with Crippen molar-refractivity contribution in [1.82, 2.24) is 10.3 Å². The summed E-state index contributed by atoms with van der Waals surface area (Å²) in [5.74, 6) is 1.73. The second-order valence-corrected chi connectivity index (χ2v) is 6.07. The van der Waals surface area contributed by atoms with Gasteiger partial charge < -0.3 is 5.32 Å². The van der Waals surface area contributed by atoms with Crippen LogP contribution in [-0.2, 0) is 6.54 Å². The lowest BCUT2D eigenvalue weighted by Gasteiger charge is -2.14. The Morgan fingerprint density at radius 3 is 2.75 bits per heavy atom. The lowest BCUT2D eigenvalue weighted by molar-refractivity contribution is 0.536. The number of thioether (sulfide) groups is 1. The molecule has 1 aromatic heterocycles. The first-order chi connectivity index (χ1) is 7.67. The van der Waals surface area contributed by atoms with E-state index in [1.807, 2.05) is 11.8 Å². The third-order valence-electron chi connectivity index (χ3n) is 2.50. The highest BCUT2D eigenvalue weighted by molar-refractivity contribution is 7.98. The first kappa shape index (κ1) is 14.0. The summed E-state index contributed by atoms with van der Waals surface area (Å²) in [7, 11) is 0. The van der Waals surface area contributed by atoms with Crippen molar-refractivity contribution in [3.63, 3.8) is 0 Å². The maximum Gasteiger partial charge on any atom is 0.0954 e. The molecule has 0 aliphatic heterocycles. The van der Waals surface area contributed by atoms with Gasteiger partial charge in [-0.1, -0.05) is 20.8 Å². The molecule has 0 bridgehead atoms. The van der Waals surface area contributed by atoms with Gasteiger partial charge in [0.25, 0.3) is 0 Å². The fourth-order valence-corrected chi connectivity index (χ4v) is 3.03. The summed E-state index contributed by atoms with van der Waals surface area (Å²) in [6, 6.07) is 0.610. The Labute approximate surface area is 107 Å². The molecule has 1 aromatic rings. The fourth-order valence-electron chi connectivity index (χ4n) is 1.44. The van der Waals surface area contributed by atoms with E-state index >= 15 is 0 Å². The van der Waals surface area contributed by atoms with E-state index in [2.05, 4.69) is 42.7 Å². The van der Waals surface area contributed by atoms with E-state index in [0.717, 1.165) is 6.54 Å². The van der Waals surface area contributed by atoms with Crippen molar-refractivity contribution in [3.8, 4) is 0 Å². The molecule has 0 amide bonds. The summed E-state index contributed by atoms with van der Waals surface area (Å²) in [4.78, 5) is 4.63. The smallest absolute Gasteiger partial charge is 0.0954 e. The van der Waals surface area contributed by atoms with Crippen LogP contribution in [0.4, 0.5) is 0 Å². The highest BCUT2D eigenvalue weighted by Crippen LogP contribution is 2.19. The summed E-state index contributed by atoms with van der Waals surface area (Å²) in [6.07, 6.45) is 3.34. The van der Waals surface area contributed by atoms with Crippen LogP contribution in [0.3, 0.4) is 0 Å². The maximum atomic E-state index is 4.63. The number of aromatic nitrogens is 1. The normalized spacial score (nSPS) is 13.3. The number of hydrogen-bond donors (Lipinski definition) is 1. The van der Waals surface area contributed by atoms with E-state index in [9.17, 15) is 0 Å². The molecule has 0 saturated heterocycles. The number of rotatable bonds is 7. The molecule has 0 aromatic carbocycles. The molecule has 1 unspecified atom stereocenters. The number of nitrogens with zero attached hydrogens (tertiary/aromatic N) is 1. The monoisotopic (exact) mass is 258 g/mol. The molecular weight excluding hydrogens is 236 g/mol. The van der Waals surface area contributed by atoms with Crippen LogP contribution in [0.2, 0.25) is 0 Å². The Kier molecular flexibility index (Phi) is 6.39. The average Bonchev–Trinajstić information content (AvgIpc) is 2.73. The van der Waals surface area contributed by atoms with Crippen LogP contribution >= 0.6 is 23.1 Å². The number of nitrogens with one attached hydrogen (secondary N) is 1. The van der Waals surface area contributed by atoms with Crippen LogP contribution in [0.15, 0.2) is 5.38 Å². The zero-order valence-corrected chi connectivity index (χ0v) is 12.3. The Hall–Kier alpha value is -0.0600. The Morgan fingerprint density at radius 1 is 1.50 bits per heavy atom. The molecule has 0 fully saturated rings. The molecule has 0 aliphatic carbocycles. The minimum absolute atomic E-state index is 0.548. The highest BCUT2D eigenvalue weighted by atomic mass is 32.2. The fraction of sp³-hybridized carbons (Fsp3) is 0.750. The Morgan fingerprint density at radius 2 is 2.25 bits per heavy atom. The SMILES string of the molecule is CCC(CSC)NCc1csc(C(C)C)n1. The van der Waals surface area contributed by atoms with Gasteiger partial charge in [-0.05, 0) is 12.7 Å². The summed E-state index contributed by atoms with van der Waals surface area (Å²) in [5.41, 5.74) is 1.19. The van der Waals surface area contributed by atoms with Gasteiger partial charge in [0.05, 0.1) is 10.7 Å². The van der Waals surface area contributed by atoms with E-state index in [1.54, 1.807) is 11.3 Å². The van der Waals surface area contributed by atoms with Gasteiger partial charge in [-0.15, -0.1) is 11.3 Å². The largest absolute Gasteiger partial charge is 0.308 e. The average molecular weight is 258 g/mol. The van der Waals surface area contributed by atoms with Gasteiger partial charge in [0.15, 0.2) is 0 Å². The minimum Gasteiger partial charge on any atom is -0.308 e. The highest BCUT2D eigenvalue weighted by Gasteiger charge is 2.08. The summed E-state index contributed by atoms with van der Waals surface area (Å²) in [5, 5.41) is 6.98. The summed E-state index contributed by atoms with van der Waals surface area (Å²) >= 11 is 3.67. The second-order valence-electron chi connectivity index (χ2n) is 4.27. The molecule has 1 atom stereocenters. The van der Waals surface area contributed by atoms with Crippen LogP contribution in [0.25, 0.3) is 0 Å². The molecule has 0 saturated carbocycles. The molecule has 1 N–H and O–H groups in total. The van der Waals surface area contributed by atoms with Gasteiger partial charge in [-0.3, -0.25) is 0 Å². The van der Waals surface area contributed by atoms with E-state index in [-0.39, 0.29) is 0 Å². The molecule has 4 heteroatoms. The standard InChI is InChI=1S/C12H22N2S2/c1-5-10(7-15-4)13-6-11-8-16-12(14-11)9(2)3/h8-10,13H,5-7H2,1-4H3. The van der Waals surface area contributed by atoms with E-state index in [0.29, 0.717) is 12.0 Å². The van der Waals surface area contributed by atoms with Gasteiger partial charge in [-0.25, -0.2) is 4.98 Å². The van der Waals surface area contributed by atoms with E-state index in [1.165, 1.54) is 22.9 Å². The van der Waals surface area contributed by atoms with E-state index < -0.39 is 0 Å². The third kappa shape index (κ3) is 4.44. The van der Waals surface area contributed by atoms with Crippen molar-refractivity contribution in [1.29, 1.82) is 0 Å². The Balaban J connectivity index is 2.41. The third-order valence-corrected chi connectivity index (χ3v) is 4.43. The van der Waals surface area contributed by atoms with Gasteiger partial charge in [0, 0.05) is 29.6 Å².